The number of rotatable bonds is 1. The molecule has 1 aromatic carbocycles. The topological polar surface area (TPSA) is 30.2 Å². The summed E-state index contributed by atoms with van der Waals surface area (Å²) >= 11 is 3.45. The van der Waals surface area contributed by atoms with Crippen LogP contribution in [0.15, 0.2) is 34.8 Å². The summed E-state index contributed by atoms with van der Waals surface area (Å²) in [5, 5.41) is 0. The summed E-state index contributed by atoms with van der Waals surface area (Å²) in [6.07, 6.45) is 0. The first kappa shape index (κ1) is 12.4. The second-order valence-electron chi connectivity index (χ2n) is 4.73. The number of nitrogens with zero attached hydrogens (tertiary/aromatic N) is 3. The van der Waals surface area contributed by atoms with Crippen molar-refractivity contribution in [1.82, 2.24) is 14.4 Å². The Morgan fingerprint density at radius 1 is 1.00 bits per heavy atom. The first-order valence-corrected chi connectivity index (χ1v) is 6.95. The minimum Gasteiger partial charge on any atom is -0.285 e. The highest BCUT2D eigenvalue weighted by Crippen LogP contribution is 2.25. The van der Waals surface area contributed by atoms with Crippen molar-refractivity contribution in [3.63, 3.8) is 0 Å². The maximum Gasteiger partial charge on any atom is 0.234 e. The molecule has 96 valence electrons. The van der Waals surface area contributed by atoms with Crippen LogP contribution in [0.4, 0.5) is 0 Å². The largest absolute Gasteiger partial charge is 0.285 e. The maximum atomic E-state index is 4.67. The lowest BCUT2D eigenvalue weighted by molar-refractivity contribution is 0.982. The molecule has 3 nitrogen and oxygen atoms in total. The van der Waals surface area contributed by atoms with Crippen molar-refractivity contribution >= 4 is 21.7 Å². The Morgan fingerprint density at radius 3 is 2.37 bits per heavy atom. The summed E-state index contributed by atoms with van der Waals surface area (Å²) in [6, 6.07) is 10.3. The quantitative estimate of drug-likeness (QED) is 0.677. The van der Waals surface area contributed by atoms with Gasteiger partial charge < -0.3 is 0 Å². The van der Waals surface area contributed by atoms with Crippen LogP contribution in [-0.4, -0.2) is 14.4 Å². The van der Waals surface area contributed by atoms with Crippen LogP contribution in [0, 0.1) is 20.8 Å². The van der Waals surface area contributed by atoms with Gasteiger partial charge in [-0.3, -0.25) is 4.40 Å². The third-order valence-electron chi connectivity index (χ3n) is 3.25. The van der Waals surface area contributed by atoms with E-state index < -0.39 is 0 Å². The highest BCUT2D eigenvalue weighted by atomic mass is 79.9. The number of aromatic nitrogens is 3. The molecule has 0 fully saturated rings. The van der Waals surface area contributed by atoms with Crippen molar-refractivity contribution in [3.05, 3.63) is 51.9 Å². The van der Waals surface area contributed by atoms with E-state index in [2.05, 4.69) is 62.3 Å². The van der Waals surface area contributed by atoms with Crippen LogP contribution in [-0.2, 0) is 0 Å². The van der Waals surface area contributed by atoms with Crippen molar-refractivity contribution in [1.29, 1.82) is 0 Å². The van der Waals surface area contributed by atoms with E-state index in [1.807, 2.05) is 19.1 Å². The molecular weight excluding hydrogens is 302 g/mol. The molecule has 0 aliphatic carbocycles. The molecule has 0 atom stereocenters. The van der Waals surface area contributed by atoms with Gasteiger partial charge in [-0.25, -0.2) is 9.97 Å². The summed E-state index contributed by atoms with van der Waals surface area (Å²) in [5.74, 6) is 0.771. The fourth-order valence-corrected chi connectivity index (χ4v) is 2.69. The molecule has 0 unspecified atom stereocenters. The lowest BCUT2D eigenvalue weighted by Gasteiger charge is -2.03. The van der Waals surface area contributed by atoms with Gasteiger partial charge in [0.05, 0.1) is 5.69 Å². The van der Waals surface area contributed by atoms with Gasteiger partial charge in [-0.2, -0.15) is 0 Å². The molecule has 4 heteroatoms. The number of halogens is 1. The third-order valence-corrected chi connectivity index (χ3v) is 3.78. The second-order valence-corrected chi connectivity index (χ2v) is 5.64. The zero-order chi connectivity index (χ0) is 13.6. The molecule has 0 aliphatic rings. The Balaban J connectivity index is 2.28. The van der Waals surface area contributed by atoms with E-state index in [9.17, 15) is 0 Å². The van der Waals surface area contributed by atoms with E-state index >= 15 is 0 Å². The molecule has 0 saturated heterocycles. The van der Waals surface area contributed by atoms with Gasteiger partial charge in [0.1, 0.15) is 0 Å². The number of fused-ring (bicyclic) bond motifs is 1. The summed E-state index contributed by atoms with van der Waals surface area (Å²) in [5.41, 5.74) is 5.40. The Hall–Kier alpha value is -1.68. The minimum absolute atomic E-state index is 0.771. The van der Waals surface area contributed by atoms with E-state index in [4.69, 9.17) is 0 Å². The van der Waals surface area contributed by atoms with Gasteiger partial charge in [-0.05, 0) is 39.0 Å². The summed E-state index contributed by atoms with van der Waals surface area (Å²) in [7, 11) is 0. The Morgan fingerprint density at radius 2 is 1.68 bits per heavy atom. The molecule has 19 heavy (non-hydrogen) atoms. The number of benzene rings is 1. The average molecular weight is 316 g/mol. The van der Waals surface area contributed by atoms with Crippen LogP contribution in [0.25, 0.3) is 17.0 Å². The van der Waals surface area contributed by atoms with E-state index in [-0.39, 0.29) is 0 Å². The fraction of sp³-hybridized carbons (Fsp3) is 0.200. The van der Waals surface area contributed by atoms with Crippen molar-refractivity contribution in [2.75, 3.05) is 0 Å². The Bertz CT molecular complexity index is 757. The smallest absolute Gasteiger partial charge is 0.234 e. The number of hydrogen-bond acceptors (Lipinski definition) is 2. The number of imidazole rings is 1. The predicted molar refractivity (Wildman–Crippen MR) is 80.3 cm³/mol. The molecule has 0 N–H and O–H groups in total. The fourth-order valence-electron chi connectivity index (χ4n) is 2.42. The lowest BCUT2D eigenvalue weighted by atomic mass is 10.1. The van der Waals surface area contributed by atoms with Crippen molar-refractivity contribution in [2.24, 2.45) is 0 Å². The van der Waals surface area contributed by atoms with E-state index in [0.29, 0.717) is 0 Å². The molecule has 0 radical (unpaired) electrons. The van der Waals surface area contributed by atoms with Crippen LogP contribution >= 0.6 is 15.9 Å². The SMILES string of the molecule is Cc1cc(C)n2c(C)c(-c3ccc(Br)cc3)nc2n1. The van der Waals surface area contributed by atoms with Gasteiger partial charge in [-0.1, -0.05) is 28.1 Å². The normalized spacial score (nSPS) is 11.2. The highest BCUT2D eigenvalue weighted by Gasteiger charge is 2.13. The van der Waals surface area contributed by atoms with Crippen LogP contribution in [0.1, 0.15) is 17.1 Å². The van der Waals surface area contributed by atoms with Gasteiger partial charge >= 0.3 is 0 Å². The molecule has 0 aliphatic heterocycles. The van der Waals surface area contributed by atoms with E-state index in [1.165, 1.54) is 0 Å². The van der Waals surface area contributed by atoms with Crippen molar-refractivity contribution in [3.8, 4) is 11.3 Å². The maximum absolute atomic E-state index is 4.67. The first-order chi connectivity index (χ1) is 9.06. The second kappa shape index (κ2) is 4.46. The summed E-state index contributed by atoms with van der Waals surface area (Å²) in [6.45, 7) is 6.17. The zero-order valence-corrected chi connectivity index (χ0v) is 12.7. The molecule has 0 spiro atoms. The highest BCUT2D eigenvalue weighted by molar-refractivity contribution is 9.10. The first-order valence-electron chi connectivity index (χ1n) is 6.15. The molecule has 0 amide bonds. The Labute approximate surface area is 120 Å². The molecule has 0 bridgehead atoms. The molecule has 2 heterocycles. The average Bonchev–Trinajstić information content (AvgIpc) is 2.67. The summed E-state index contributed by atoms with van der Waals surface area (Å²) in [4.78, 5) is 9.17. The predicted octanol–water partition coefficient (Wildman–Crippen LogP) is 4.08. The summed E-state index contributed by atoms with van der Waals surface area (Å²) < 4.78 is 3.17. The molecule has 0 saturated carbocycles. The van der Waals surface area contributed by atoms with Gasteiger partial charge in [0.25, 0.3) is 0 Å². The molecule has 2 aromatic heterocycles. The third kappa shape index (κ3) is 2.06. The number of aryl methyl sites for hydroxylation is 3. The van der Waals surface area contributed by atoms with E-state index in [1.54, 1.807) is 0 Å². The van der Waals surface area contributed by atoms with Gasteiger partial charge in [0.2, 0.25) is 5.78 Å². The van der Waals surface area contributed by atoms with E-state index in [0.717, 1.165) is 38.6 Å². The van der Waals surface area contributed by atoms with Crippen molar-refractivity contribution < 1.29 is 0 Å². The van der Waals surface area contributed by atoms with Gasteiger partial charge in [0.15, 0.2) is 0 Å². The monoisotopic (exact) mass is 315 g/mol. The number of hydrogen-bond donors (Lipinski definition) is 0. The lowest BCUT2D eigenvalue weighted by Crippen LogP contribution is -1.97. The molecule has 3 aromatic rings. The minimum atomic E-state index is 0.771. The Kier molecular flexibility index (Phi) is 2.90. The standard InChI is InChI=1S/C15H14BrN3/c1-9-8-10(2)19-11(3)14(18-15(19)17-9)12-4-6-13(16)7-5-12/h4-8H,1-3H3. The van der Waals surface area contributed by atoms with Gasteiger partial charge in [0, 0.05) is 27.1 Å². The van der Waals surface area contributed by atoms with Gasteiger partial charge in [-0.15, -0.1) is 0 Å². The van der Waals surface area contributed by atoms with Crippen LogP contribution in [0.2, 0.25) is 0 Å². The zero-order valence-electron chi connectivity index (χ0n) is 11.1. The molecule has 3 rings (SSSR count). The van der Waals surface area contributed by atoms with Crippen molar-refractivity contribution in [2.45, 2.75) is 20.8 Å². The van der Waals surface area contributed by atoms with Crippen LogP contribution < -0.4 is 0 Å². The molecular formula is C15H14BrN3. The van der Waals surface area contributed by atoms with Crippen LogP contribution in [0.3, 0.4) is 0 Å². The van der Waals surface area contributed by atoms with Crippen LogP contribution in [0.5, 0.6) is 0 Å².